The fourth-order valence-electron chi connectivity index (χ4n) is 3.42. The van der Waals surface area contributed by atoms with Gasteiger partial charge in [-0.05, 0) is 50.4 Å². The molecule has 2 fully saturated rings. The number of nitrogens with one attached hydrogen (secondary N) is 1. The Morgan fingerprint density at radius 2 is 2.06 bits per heavy atom. The lowest BCUT2D eigenvalue weighted by molar-refractivity contribution is -0.124. The zero-order chi connectivity index (χ0) is 13.2. The lowest BCUT2D eigenvalue weighted by atomic mass is 9.80. The van der Waals surface area contributed by atoms with Gasteiger partial charge >= 0.3 is 0 Å². The van der Waals surface area contributed by atoms with Crippen molar-refractivity contribution in [2.45, 2.75) is 64.3 Å². The van der Waals surface area contributed by atoms with Crippen LogP contribution >= 0.6 is 0 Å². The first kappa shape index (κ1) is 13.9. The van der Waals surface area contributed by atoms with E-state index in [-0.39, 0.29) is 11.4 Å². The molecule has 0 aromatic carbocycles. The number of amides is 1. The van der Waals surface area contributed by atoms with Crippen molar-refractivity contribution in [3.05, 3.63) is 0 Å². The van der Waals surface area contributed by atoms with E-state index in [1.54, 1.807) is 0 Å². The maximum atomic E-state index is 12.2. The highest BCUT2D eigenvalue weighted by atomic mass is 16.1. The van der Waals surface area contributed by atoms with Crippen LogP contribution in [0.1, 0.15) is 58.8 Å². The largest absolute Gasteiger partial charge is 0.349 e. The van der Waals surface area contributed by atoms with Gasteiger partial charge in [-0.15, -0.1) is 0 Å². The van der Waals surface area contributed by atoms with Crippen molar-refractivity contribution in [1.29, 1.82) is 0 Å². The maximum absolute atomic E-state index is 12.2. The molecule has 2 aliphatic carbocycles. The maximum Gasteiger partial charge on any atom is 0.220 e. The molecule has 0 radical (unpaired) electrons. The van der Waals surface area contributed by atoms with Gasteiger partial charge < -0.3 is 11.1 Å². The highest BCUT2D eigenvalue weighted by Crippen LogP contribution is 2.39. The number of carbonyl (C=O) groups excluding carboxylic acids is 1. The lowest BCUT2D eigenvalue weighted by Crippen LogP contribution is -2.53. The minimum absolute atomic E-state index is 0.155. The van der Waals surface area contributed by atoms with E-state index in [1.165, 1.54) is 38.5 Å². The predicted molar refractivity (Wildman–Crippen MR) is 74.1 cm³/mol. The molecule has 2 rings (SSSR count). The highest BCUT2D eigenvalue weighted by molar-refractivity contribution is 5.77. The molecule has 3 unspecified atom stereocenters. The van der Waals surface area contributed by atoms with Crippen molar-refractivity contribution in [3.63, 3.8) is 0 Å². The fourth-order valence-corrected chi connectivity index (χ4v) is 3.42. The van der Waals surface area contributed by atoms with Crippen LogP contribution in [-0.4, -0.2) is 18.0 Å². The zero-order valence-electron chi connectivity index (χ0n) is 11.9. The molecule has 1 amide bonds. The first-order valence-electron chi connectivity index (χ1n) is 7.54. The van der Waals surface area contributed by atoms with E-state index in [2.05, 4.69) is 19.2 Å². The second kappa shape index (κ2) is 5.60. The normalized spacial score (nSPS) is 31.7. The van der Waals surface area contributed by atoms with E-state index in [1.807, 2.05) is 0 Å². The van der Waals surface area contributed by atoms with Gasteiger partial charge in [-0.1, -0.05) is 19.8 Å². The Hall–Kier alpha value is -0.570. The quantitative estimate of drug-likeness (QED) is 0.789. The van der Waals surface area contributed by atoms with Crippen LogP contribution in [0.5, 0.6) is 0 Å². The van der Waals surface area contributed by atoms with Crippen LogP contribution < -0.4 is 11.1 Å². The molecule has 0 heterocycles. The Morgan fingerprint density at radius 1 is 1.33 bits per heavy atom. The molecule has 0 aromatic heterocycles. The van der Waals surface area contributed by atoms with Gasteiger partial charge in [-0.2, -0.15) is 0 Å². The average Bonchev–Trinajstić information content (AvgIpc) is 3.12. The lowest BCUT2D eigenvalue weighted by Gasteiger charge is -2.31. The van der Waals surface area contributed by atoms with Gasteiger partial charge in [0.05, 0.1) is 5.54 Å². The average molecular weight is 252 g/mol. The minimum Gasteiger partial charge on any atom is -0.349 e. The van der Waals surface area contributed by atoms with Gasteiger partial charge in [-0.3, -0.25) is 4.79 Å². The van der Waals surface area contributed by atoms with Crippen LogP contribution in [-0.2, 0) is 4.79 Å². The SMILES string of the molecule is CC1CCCC(CC(=O)NC(C)(CN)C2CC2)C1. The number of nitrogens with two attached hydrogens (primary N) is 1. The molecule has 2 saturated carbocycles. The third-order valence-electron chi connectivity index (χ3n) is 4.85. The monoisotopic (exact) mass is 252 g/mol. The molecule has 0 spiro atoms. The first-order chi connectivity index (χ1) is 8.53. The Labute approximate surface area is 111 Å². The van der Waals surface area contributed by atoms with Crippen LogP contribution in [0.3, 0.4) is 0 Å². The molecule has 18 heavy (non-hydrogen) atoms. The number of hydrogen-bond acceptors (Lipinski definition) is 2. The van der Waals surface area contributed by atoms with Gasteiger partial charge in [0.2, 0.25) is 5.91 Å². The van der Waals surface area contributed by atoms with E-state index in [0.29, 0.717) is 24.8 Å². The van der Waals surface area contributed by atoms with E-state index in [9.17, 15) is 4.79 Å². The van der Waals surface area contributed by atoms with Crippen molar-refractivity contribution < 1.29 is 4.79 Å². The number of hydrogen-bond donors (Lipinski definition) is 2. The third-order valence-corrected chi connectivity index (χ3v) is 4.85. The molecule has 0 bridgehead atoms. The van der Waals surface area contributed by atoms with Gasteiger partial charge in [0, 0.05) is 13.0 Å². The van der Waals surface area contributed by atoms with Gasteiger partial charge in [-0.25, -0.2) is 0 Å². The van der Waals surface area contributed by atoms with Crippen LogP contribution in [0.4, 0.5) is 0 Å². The van der Waals surface area contributed by atoms with Crippen LogP contribution in [0.2, 0.25) is 0 Å². The van der Waals surface area contributed by atoms with Crippen molar-refractivity contribution in [2.24, 2.45) is 23.5 Å². The zero-order valence-corrected chi connectivity index (χ0v) is 11.9. The molecule has 0 saturated heterocycles. The molecule has 3 nitrogen and oxygen atoms in total. The van der Waals surface area contributed by atoms with Gasteiger partial charge in [0.15, 0.2) is 0 Å². The molecule has 0 aliphatic heterocycles. The molecular formula is C15H28N2O. The molecule has 2 aliphatic rings. The molecule has 3 N–H and O–H groups in total. The van der Waals surface area contributed by atoms with E-state index in [4.69, 9.17) is 5.73 Å². The molecule has 3 atom stereocenters. The van der Waals surface area contributed by atoms with Crippen molar-refractivity contribution in [2.75, 3.05) is 6.54 Å². The Kier molecular flexibility index (Phi) is 4.31. The summed E-state index contributed by atoms with van der Waals surface area (Å²) in [5.74, 6) is 2.21. The van der Waals surface area contributed by atoms with E-state index < -0.39 is 0 Å². The first-order valence-corrected chi connectivity index (χ1v) is 7.54. The van der Waals surface area contributed by atoms with E-state index >= 15 is 0 Å². The molecule has 0 aromatic rings. The van der Waals surface area contributed by atoms with Crippen LogP contribution in [0.25, 0.3) is 0 Å². The summed E-state index contributed by atoms with van der Waals surface area (Å²) in [4.78, 5) is 12.2. The Bertz CT molecular complexity index is 301. The minimum atomic E-state index is -0.155. The summed E-state index contributed by atoms with van der Waals surface area (Å²) in [7, 11) is 0. The summed E-state index contributed by atoms with van der Waals surface area (Å²) in [5.41, 5.74) is 5.68. The highest BCUT2D eigenvalue weighted by Gasteiger charge is 2.41. The third kappa shape index (κ3) is 3.47. The summed E-state index contributed by atoms with van der Waals surface area (Å²) >= 11 is 0. The second-order valence-corrected chi connectivity index (χ2v) is 6.79. The van der Waals surface area contributed by atoms with Crippen molar-refractivity contribution in [1.82, 2.24) is 5.32 Å². The predicted octanol–water partition coefficient (Wildman–Crippen LogP) is 2.45. The second-order valence-electron chi connectivity index (χ2n) is 6.79. The molecule has 3 heteroatoms. The van der Waals surface area contributed by atoms with Crippen molar-refractivity contribution in [3.8, 4) is 0 Å². The number of rotatable bonds is 5. The smallest absolute Gasteiger partial charge is 0.220 e. The van der Waals surface area contributed by atoms with Gasteiger partial charge in [0.25, 0.3) is 0 Å². The fraction of sp³-hybridized carbons (Fsp3) is 0.933. The topological polar surface area (TPSA) is 55.1 Å². The summed E-state index contributed by atoms with van der Waals surface area (Å²) < 4.78 is 0. The van der Waals surface area contributed by atoms with Crippen LogP contribution in [0.15, 0.2) is 0 Å². The summed E-state index contributed by atoms with van der Waals surface area (Å²) in [6.45, 7) is 4.97. The molecule has 104 valence electrons. The van der Waals surface area contributed by atoms with Gasteiger partial charge in [0.1, 0.15) is 0 Å². The summed E-state index contributed by atoms with van der Waals surface area (Å²) in [5, 5.41) is 3.20. The summed E-state index contributed by atoms with van der Waals surface area (Å²) in [6, 6.07) is 0. The molecular weight excluding hydrogens is 224 g/mol. The number of carbonyl (C=O) groups is 1. The van der Waals surface area contributed by atoms with Crippen molar-refractivity contribution >= 4 is 5.91 Å². The van der Waals surface area contributed by atoms with E-state index in [0.717, 1.165) is 5.92 Å². The Balaban J connectivity index is 1.80. The standard InChI is InChI=1S/C15H28N2O/c1-11-4-3-5-12(8-11)9-14(18)17-15(2,10-16)13-6-7-13/h11-13H,3-10,16H2,1-2H3,(H,17,18). The van der Waals surface area contributed by atoms with Crippen LogP contribution in [0, 0.1) is 17.8 Å². The Morgan fingerprint density at radius 3 is 2.61 bits per heavy atom. The summed E-state index contributed by atoms with van der Waals surface area (Å²) in [6.07, 6.45) is 8.20.